The fraction of sp³-hybridized carbons (Fsp3) is 0.562. The lowest BCUT2D eigenvalue weighted by atomic mass is 9.75. The Bertz CT molecular complexity index is 466. The summed E-state index contributed by atoms with van der Waals surface area (Å²) in [6, 6.07) is 9.83. The van der Waals surface area contributed by atoms with E-state index < -0.39 is 0 Å². The molecule has 3 heteroatoms. The molecule has 2 fully saturated rings. The van der Waals surface area contributed by atoms with Crippen molar-refractivity contribution in [3.05, 3.63) is 35.4 Å². The Morgan fingerprint density at radius 1 is 1.37 bits per heavy atom. The highest BCUT2D eigenvalue weighted by Gasteiger charge is 2.31. The Balaban J connectivity index is 1.42. The molecule has 0 bridgehead atoms. The topological polar surface area (TPSA) is 41.1 Å². The van der Waals surface area contributed by atoms with Gasteiger partial charge in [-0.15, -0.1) is 0 Å². The number of nitrogens with one attached hydrogen (secondary N) is 2. The summed E-state index contributed by atoms with van der Waals surface area (Å²) in [5, 5.41) is 6.59. The predicted octanol–water partition coefficient (Wildman–Crippen LogP) is 2.11. The fourth-order valence-electron chi connectivity index (χ4n) is 3.12. The summed E-state index contributed by atoms with van der Waals surface area (Å²) in [6.07, 6.45) is 4.14. The molecule has 1 atom stereocenters. The summed E-state index contributed by atoms with van der Waals surface area (Å²) >= 11 is 0. The molecule has 1 aromatic rings. The van der Waals surface area contributed by atoms with Crippen LogP contribution in [0.1, 0.15) is 42.7 Å². The van der Waals surface area contributed by atoms with Gasteiger partial charge in [0.25, 0.3) is 0 Å². The Kier molecular flexibility index (Phi) is 3.56. The van der Waals surface area contributed by atoms with Crippen molar-refractivity contribution < 1.29 is 4.79 Å². The van der Waals surface area contributed by atoms with Gasteiger partial charge >= 0.3 is 0 Å². The second-order valence-electron chi connectivity index (χ2n) is 5.99. The standard InChI is InChI=1S/C16H22N2O/c1-11-3-2-4-12(7-11)13-8-15(9-13)17-10-14-5-6-16(19)18-14/h2-4,7,13-15,17H,5-6,8-10H2,1H3,(H,18,19). The lowest BCUT2D eigenvalue weighted by Gasteiger charge is -2.37. The van der Waals surface area contributed by atoms with E-state index in [1.54, 1.807) is 0 Å². The molecule has 2 aliphatic rings. The molecule has 1 saturated heterocycles. The smallest absolute Gasteiger partial charge is 0.220 e. The zero-order valence-electron chi connectivity index (χ0n) is 11.5. The van der Waals surface area contributed by atoms with Crippen LogP contribution >= 0.6 is 0 Å². The van der Waals surface area contributed by atoms with Crippen LogP contribution in [-0.4, -0.2) is 24.5 Å². The van der Waals surface area contributed by atoms with Crippen molar-refractivity contribution in [3.8, 4) is 0 Å². The van der Waals surface area contributed by atoms with Crippen LogP contribution in [0.15, 0.2) is 24.3 Å². The Morgan fingerprint density at radius 3 is 2.89 bits per heavy atom. The van der Waals surface area contributed by atoms with Crippen molar-refractivity contribution in [2.45, 2.75) is 50.6 Å². The van der Waals surface area contributed by atoms with Crippen molar-refractivity contribution in [1.29, 1.82) is 0 Å². The molecule has 2 N–H and O–H groups in total. The number of amides is 1. The van der Waals surface area contributed by atoms with Gasteiger partial charge in [-0.3, -0.25) is 4.79 Å². The lowest BCUT2D eigenvalue weighted by Crippen LogP contribution is -2.45. The van der Waals surface area contributed by atoms with Crippen LogP contribution in [0.3, 0.4) is 0 Å². The molecule has 1 saturated carbocycles. The van der Waals surface area contributed by atoms with Gasteiger partial charge in [-0.05, 0) is 37.7 Å². The van der Waals surface area contributed by atoms with Gasteiger partial charge in [-0.1, -0.05) is 29.8 Å². The van der Waals surface area contributed by atoms with Gasteiger partial charge in [0.1, 0.15) is 0 Å². The first kappa shape index (κ1) is 12.7. The summed E-state index contributed by atoms with van der Waals surface area (Å²) < 4.78 is 0. The number of carbonyl (C=O) groups excluding carboxylic acids is 1. The number of hydrogen-bond donors (Lipinski definition) is 2. The highest BCUT2D eigenvalue weighted by atomic mass is 16.1. The van der Waals surface area contributed by atoms with E-state index in [1.807, 2.05) is 0 Å². The number of hydrogen-bond acceptors (Lipinski definition) is 2. The molecule has 1 aliphatic carbocycles. The quantitative estimate of drug-likeness (QED) is 0.868. The Labute approximate surface area is 114 Å². The second-order valence-corrected chi connectivity index (χ2v) is 5.99. The average Bonchev–Trinajstić information content (AvgIpc) is 2.73. The lowest BCUT2D eigenvalue weighted by molar-refractivity contribution is -0.119. The summed E-state index contributed by atoms with van der Waals surface area (Å²) in [5.41, 5.74) is 2.83. The minimum Gasteiger partial charge on any atom is -0.352 e. The first-order chi connectivity index (χ1) is 9.20. The van der Waals surface area contributed by atoms with E-state index in [9.17, 15) is 4.79 Å². The maximum Gasteiger partial charge on any atom is 0.220 e. The summed E-state index contributed by atoms with van der Waals surface area (Å²) in [4.78, 5) is 11.1. The molecule has 3 nitrogen and oxygen atoms in total. The monoisotopic (exact) mass is 258 g/mol. The van der Waals surface area contributed by atoms with Crippen molar-refractivity contribution in [1.82, 2.24) is 10.6 Å². The summed E-state index contributed by atoms with van der Waals surface area (Å²) in [7, 11) is 0. The number of aryl methyl sites for hydroxylation is 1. The van der Waals surface area contributed by atoms with E-state index in [1.165, 1.54) is 24.0 Å². The van der Waals surface area contributed by atoms with E-state index in [4.69, 9.17) is 0 Å². The van der Waals surface area contributed by atoms with E-state index in [0.717, 1.165) is 18.9 Å². The molecule has 0 aromatic heterocycles. The maximum absolute atomic E-state index is 11.1. The van der Waals surface area contributed by atoms with Crippen LogP contribution in [0.2, 0.25) is 0 Å². The molecule has 19 heavy (non-hydrogen) atoms. The van der Waals surface area contributed by atoms with Crippen LogP contribution < -0.4 is 10.6 Å². The minimum absolute atomic E-state index is 0.207. The van der Waals surface area contributed by atoms with Gasteiger partial charge in [0.2, 0.25) is 5.91 Å². The molecule has 1 aromatic carbocycles. The van der Waals surface area contributed by atoms with E-state index >= 15 is 0 Å². The molecule has 1 unspecified atom stereocenters. The Morgan fingerprint density at radius 2 is 2.21 bits per heavy atom. The van der Waals surface area contributed by atoms with Gasteiger partial charge in [0.15, 0.2) is 0 Å². The fourth-order valence-corrected chi connectivity index (χ4v) is 3.12. The largest absolute Gasteiger partial charge is 0.352 e. The van der Waals surface area contributed by atoms with E-state index in [0.29, 0.717) is 18.5 Å². The maximum atomic E-state index is 11.1. The SMILES string of the molecule is Cc1cccc(C2CC(NCC3CCC(=O)N3)C2)c1. The van der Waals surface area contributed by atoms with Crippen LogP contribution in [0.25, 0.3) is 0 Å². The molecule has 0 radical (unpaired) electrons. The number of benzene rings is 1. The van der Waals surface area contributed by atoms with E-state index in [-0.39, 0.29) is 5.91 Å². The third kappa shape index (κ3) is 2.98. The van der Waals surface area contributed by atoms with Crippen molar-refractivity contribution in [2.75, 3.05) is 6.54 Å². The van der Waals surface area contributed by atoms with Crippen LogP contribution in [0.4, 0.5) is 0 Å². The first-order valence-electron chi connectivity index (χ1n) is 7.30. The number of carbonyl (C=O) groups is 1. The highest BCUT2D eigenvalue weighted by Crippen LogP contribution is 2.37. The van der Waals surface area contributed by atoms with Gasteiger partial charge in [-0.2, -0.15) is 0 Å². The van der Waals surface area contributed by atoms with Gasteiger partial charge in [0, 0.05) is 25.0 Å². The minimum atomic E-state index is 0.207. The van der Waals surface area contributed by atoms with Crippen molar-refractivity contribution in [2.24, 2.45) is 0 Å². The molecule has 1 amide bonds. The molecule has 0 spiro atoms. The number of rotatable bonds is 4. The zero-order valence-corrected chi connectivity index (χ0v) is 11.5. The van der Waals surface area contributed by atoms with Crippen molar-refractivity contribution in [3.63, 3.8) is 0 Å². The van der Waals surface area contributed by atoms with Crippen LogP contribution in [0.5, 0.6) is 0 Å². The third-order valence-corrected chi connectivity index (χ3v) is 4.39. The summed E-state index contributed by atoms with van der Waals surface area (Å²) in [6.45, 7) is 3.08. The normalized spacial score (nSPS) is 29.9. The molecular formula is C16H22N2O. The molecule has 3 rings (SSSR count). The van der Waals surface area contributed by atoms with Gasteiger partial charge in [0.05, 0.1) is 0 Å². The average molecular weight is 258 g/mol. The van der Waals surface area contributed by atoms with E-state index in [2.05, 4.69) is 41.8 Å². The van der Waals surface area contributed by atoms with Crippen LogP contribution in [0, 0.1) is 6.92 Å². The molecular weight excluding hydrogens is 236 g/mol. The van der Waals surface area contributed by atoms with Gasteiger partial charge < -0.3 is 10.6 Å². The molecule has 1 heterocycles. The first-order valence-corrected chi connectivity index (χ1v) is 7.30. The molecule has 1 aliphatic heterocycles. The Hall–Kier alpha value is -1.35. The third-order valence-electron chi connectivity index (χ3n) is 4.39. The predicted molar refractivity (Wildman–Crippen MR) is 76.1 cm³/mol. The van der Waals surface area contributed by atoms with Gasteiger partial charge in [-0.25, -0.2) is 0 Å². The summed E-state index contributed by atoms with van der Waals surface area (Å²) in [5.74, 6) is 0.925. The van der Waals surface area contributed by atoms with Crippen LogP contribution in [-0.2, 0) is 4.79 Å². The zero-order chi connectivity index (χ0) is 13.2. The highest BCUT2D eigenvalue weighted by molar-refractivity contribution is 5.78. The molecule has 102 valence electrons. The second kappa shape index (κ2) is 5.33. The van der Waals surface area contributed by atoms with Crippen molar-refractivity contribution >= 4 is 5.91 Å².